The highest BCUT2D eigenvalue weighted by molar-refractivity contribution is 6.04. The molecule has 0 aliphatic rings. The van der Waals surface area contributed by atoms with Crippen molar-refractivity contribution in [1.82, 2.24) is 5.32 Å². The number of primary amides is 1. The summed E-state index contributed by atoms with van der Waals surface area (Å²) in [6, 6.07) is 17.7. The van der Waals surface area contributed by atoms with Gasteiger partial charge in [-0.2, -0.15) is 0 Å². The largest absolute Gasteiger partial charge is 0.481 e. The number of unbranched alkanes of at least 4 members (excludes halogenated alkanes) is 28. The van der Waals surface area contributed by atoms with Gasteiger partial charge in [-0.05, 0) is 43.5 Å². The van der Waals surface area contributed by atoms with Crippen molar-refractivity contribution in [2.75, 3.05) is 7.11 Å². The SMILES string of the molecule is CCCCCCCCCCCCCCCCCC(=O)NC(=O)c1ccccc1.COC(=O)CCCCCCCCCCCCCCCCCC(=O)O.NC(=O)c1ccccc1. The van der Waals surface area contributed by atoms with Gasteiger partial charge in [-0.1, -0.05) is 217 Å². The van der Waals surface area contributed by atoms with Crippen molar-refractivity contribution in [3.8, 4) is 0 Å². The van der Waals surface area contributed by atoms with E-state index in [-0.39, 0.29) is 23.7 Å². The number of carboxylic acids is 1. The molecule has 0 aliphatic carbocycles. The fourth-order valence-corrected chi connectivity index (χ4v) is 7.06. The van der Waals surface area contributed by atoms with Crippen molar-refractivity contribution in [3.05, 3.63) is 71.8 Å². The van der Waals surface area contributed by atoms with Gasteiger partial charge in [0, 0.05) is 30.4 Å². The van der Waals surface area contributed by atoms with Gasteiger partial charge in [-0.25, -0.2) is 0 Å². The second kappa shape index (κ2) is 44.1. The summed E-state index contributed by atoms with van der Waals surface area (Å²) in [6.45, 7) is 2.27. The van der Waals surface area contributed by atoms with E-state index < -0.39 is 5.97 Å². The summed E-state index contributed by atoms with van der Waals surface area (Å²) in [7, 11) is 1.45. The van der Waals surface area contributed by atoms with Crippen LogP contribution in [0, 0.1) is 0 Å². The monoisotopic (exact) mass is 851 g/mol. The maximum atomic E-state index is 11.9. The van der Waals surface area contributed by atoms with Crippen LogP contribution in [0.3, 0.4) is 0 Å². The Morgan fingerprint density at radius 1 is 0.459 bits per heavy atom. The van der Waals surface area contributed by atoms with E-state index in [0.29, 0.717) is 30.4 Å². The number of benzene rings is 2. The average molecular weight is 851 g/mol. The molecule has 0 unspecified atom stereocenters. The van der Waals surface area contributed by atoms with Crippen LogP contribution in [0.4, 0.5) is 0 Å². The van der Waals surface area contributed by atoms with Crippen LogP contribution in [0.15, 0.2) is 60.7 Å². The van der Waals surface area contributed by atoms with Crippen LogP contribution >= 0.6 is 0 Å². The summed E-state index contributed by atoms with van der Waals surface area (Å²) >= 11 is 0. The van der Waals surface area contributed by atoms with Crippen molar-refractivity contribution in [2.24, 2.45) is 5.73 Å². The van der Waals surface area contributed by atoms with Crippen LogP contribution in [-0.2, 0) is 19.1 Å². The number of amides is 3. The van der Waals surface area contributed by atoms with E-state index in [0.717, 1.165) is 38.5 Å². The van der Waals surface area contributed by atoms with Crippen molar-refractivity contribution in [3.63, 3.8) is 0 Å². The van der Waals surface area contributed by atoms with E-state index in [9.17, 15) is 24.0 Å². The average Bonchev–Trinajstić information content (AvgIpc) is 3.26. The van der Waals surface area contributed by atoms with Crippen LogP contribution in [0.5, 0.6) is 0 Å². The van der Waals surface area contributed by atoms with Gasteiger partial charge in [0.2, 0.25) is 11.8 Å². The summed E-state index contributed by atoms with van der Waals surface area (Å²) in [6.07, 6.45) is 39.3. The first kappa shape index (κ1) is 57.0. The molecule has 0 saturated heterocycles. The second-order valence-corrected chi connectivity index (χ2v) is 16.4. The molecule has 2 aromatic carbocycles. The van der Waals surface area contributed by atoms with E-state index in [1.54, 1.807) is 48.5 Å². The zero-order valence-electron chi connectivity index (χ0n) is 38.6. The summed E-state index contributed by atoms with van der Waals surface area (Å²) in [5.74, 6) is -1.60. The number of rotatable bonds is 36. The molecule has 0 bridgehead atoms. The number of esters is 1. The molecule has 2 rings (SSSR count). The fraction of sp³-hybridized carbons (Fsp3) is 0.673. The number of nitrogens with two attached hydrogens (primary N) is 1. The number of ether oxygens (including phenoxy) is 1. The zero-order chi connectivity index (χ0) is 44.9. The Bertz CT molecular complexity index is 1340. The van der Waals surface area contributed by atoms with Crippen LogP contribution in [0.25, 0.3) is 0 Å². The van der Waals surface area contributed by atoms with Gasteiger partial charge in [0.15, 0.2) is 0 Å². The number of imide groups is 1. The molecule has 0 heterocycles. The second-order valence-electron chi connectivity index (χ2n) is 16.4. The van der Waals surface area contributed by atoms with Gasteiger partial charge in [-0.3, -0.25) is 29.3 Å². The van der Waals surface area contributed by atoms with E-state index in [2.05, 4.69) is 17.0 Å². The van der Waals surface area contributed by atoms with Gasteiger partial charge >= 0.3 is 11.9 Å². The molecule has 3 amide bonds. The third-order valence-electron chi connectivity index (χ3n) is 10.9. The molecule has 2 aromatic rings. The molecule has 61 heavy (non-hydrogen) atoms. The highest BCUT2D eigenvalue weighted by Crippen LogP contribution is 2.16. The number of carbonyl (C=O) groups is 5. The molecule has 346 valence electrons. The molecule has 4 N–H and O–H groups in total. The lowest BCUT2D eigenvalue weighted by Crippen LogP contribution is -2.30. The van der Waals surface area contributed by atoms with Crippen LogP contribution in [0.1, 0.15) is 240 Å². The van der Waals surface area contributed by atoms with Gasteiger partial charge in [-0.15, -0.1) is 0 Å². The Hall–Kier alpha value is -4.01. The highest BCUT2D eigenvalue weighted by atomic mass is 16.5. The molecular formula is C52H86N2O7. The first-order chi connectivity index (χ1) is 29.7. The normalized spacial score (nSPS) is 10.5. The molecule has 0 atom stereocenters. The predicted molar refractivity (Wildman–Crippen MR) is 252 cm³/mol. The van der Waals surface area contributed by atoms with E-state index in [1.165, 1.54) is 161 Å². The minimum Gasteiger partial charge on any atom is -0.481 e. The van der Waals surface area contributed by atoms with Crippen molar-refractivity contribution in [1.29, 1.82) is 0 Å². The minimum atomic E-state index is -0.670. The van der Waals surface area contributed by atoms with Gasteiger partial charge in [0.1, 0.15) is 0 Å². The third-order valence-corrected chi connectivity index (χ3v) is 10.9. The Balaban J connectivity index is 0.000000986. The lowest BCUT2D eigenvalue weighted by Gasteiger charge is -2.05. The predicted octanol–water partition coefficient (Wildman–Crippen LogP) is 13.9. The smallest absolute Gasteiger partial charge is 0.305 e. The molecule has 0 spiro atoms. The van der Waals surface area contributed by atoms with Gasteiger partial charge < -0.3 is 15.6 Å². The van der Waals surface area contributed by atoms with Crippen molar-refractivity contribution >= 4 is 29.7 Å². The van der Waals surface area contributed by atoms with Crippen LogP contribution in [-0.4, -0.2) is 41.9 Å². The summed E-state index contributed by atoms with van der Waals surface area (Å²) < 4.78 is 4.62. The van der Waals surface area contributed by atoms with E-state index in [1.807, 2.05) is 12.1 Å². The topological polar surface area (TPSA) is 153 Å². The Morgan fingerprint density at radius 3 is 1.08 bits per heavy atom. The molecule has 0 fully saturated rings. The van der Waals surface area contributed by atoms with E-state index >= 15 is 0 Å². The zero-order valence-corrected chi connectivity index (χ0v) is 38.6. The maximum absolute atomic E-state index is 11.9. The number of carbonyl (C=O) groups excluding carboxylic acids is 4. The molecule has 0 radical (unpaired) electrons. The third kappa shape index (κ3) is 41.1. The number of carboxylic acid groups (broad SMARTS) is 1. The fourth-order valence-electron chi connectivity index (χ4n) is 7.06. The molecule has 0 aromatic heterocycles. The Labute approximate surface area is 371 Å². The lowest BCUT2D eigenvalue weighted by atomic mass is 10.0. The molecule has 0 aliphatic heterocycles. The van der Waals surface area contributed by atoms with Crippen molar-refractivity contribution < 1.29 is 33.8 Å². The first-order valence-corrected chi connectivity index (χ1v) is 24.2. The van der Waals surface area contributed by atoms with Crippen LogP contribution < -0.4 is 11.1 Å². The number of aliphatic carboxylic acids is 1. The number of methoxy groups -OCH3 is 1. The number of nitrogens with one attached hydrogen (secondary N) is 1. The molecule has 9 heteroatoms. The Kier molecular flexibility index (Phi) is 41.2. The maximum Gasteiger partial charge on any atom is 0.305 e. The van der Waals surface area contributed by atoms with E-state index in [4.69, 9.17) is 10.8 Å². The molecule has 9 nitrogen and oxygen atoms in total. The summed E-state index contributed by atoms with van der Waals surface area (Å²) in [4.78, 5) is 55.4. The van der Waals surface area contributed by atoms with Gasteiger partial charge in [0.05, 0.1) is 7.11 Å². The quantitative estimate of drug-likeness (QED) is 0.0456. The van der Waals surface area contributed by atoms with Crippen LogP contribution in [0.2, 0.25) is 0 Å². The lowest BCUT2D eigenvalue weighted by molar-refractivity contribution is -0.141. The summed E-state index contributed by atoms with van der Waals surface area (Å²) in [5, 5.41) is 11.0. The summed E-state index contributed by atoms with van der Waals surface area (Å²) in [5.41, 5.74) is 6.06. The molecule has 0 saturated carbocycles. The standard InChI is InChI=1S/C25H41NO2.C20H38O4.C7H7NO/c1-2-3-4-5-6-7-8-9-10-11-12-13-14-15-19-22-24(27)26-25(28)23-20-17-16-18-21-23;1-24-20(23)18-16-14-12-10-8-6-4-2-3-5-7-9-11-13-15-17-19(21)22;8-7(9)6-4-2-1-3-5-6/h16-18,20-21H,2-15,19,22H2,1H3,(H,26,27,28);2-18H2,1H3,(H,21,22);1-5H,(H2,8,9). The Morgan fingerprint density at radius 2 is 0.770 bits per heavy atom. The minimum absolute atomic E-state index is 0.0877. The number of hydrogen-bond acceptors (Lipinski definition) is 6. The highest BCUT2D eigenvalue weighted by Gasteiger charge is 2.09. The first-order valence-electron chi connectivity index (χ1n) is 24.2. The number of hydrogen-bond donors (Lipinski definition) is 3. The van der Waals surface area contributed by atoms with Gasteiger partial charge in [0.25, 0.3) is 5.91 Å². The van der Waals surface area contributed by atoms with Crippen molar-refractivity contribution in [2.45, 2.75) is 219 Å². The molecular weight excluding hydrogens is 765 g/mol.